The maximum absolute atomic E-state index is 6.82. The summed E-state index contributed by atoms with van der Waals surface area (Å²) >= 11 is 0. The van der Waals surface area contributed by atoms with Gasteiger partial charge in [0.15, 0.2) is 17.5 Å². The molecule has 0 amide bonds. The number of nitrogens with zero attached hydrogens (tertiary/aromatic N) is 3. The molecule has 0 aliphatic rings. The van der Waals surface area contributed by atoms with E-state index in [2.05, 4.69) is 170 Å². The van der Waals surface area contributed by atoms with E-state index in [0.717, 1.165) is 82.1 Å². The highest BCUT2D eigenvalue weighted by Crippen LogP contribution is 2.43. The van der Waals surface area contributed by atoms with E-state index in [1.165, 1.54) is 10.8 Å². The Bertz CT molecular complexity index is 3240. The van der Waals surface area contributed by atoms with Crippen molar-refractivity contribution in [3.8, 4) is 45.3 Å². The Morgan fingerprint density at radius 1 is 0.321 bits per heavy atom. The van der Waals surface area contributed by atoms with Crippen molar-refractivity contribution in [1.29, 1.82) is 0 Å². The van der Waals surface area contributed by atoms with E-state index < -0.39 is 0 Å². The summed E-state index contributed by atoms with van der Waals surface area (Å²) in [4.78, 5) is 15.9. The highest BCUT2D eigenvalue weighted by atomic mass is 16.3. The first-order chi connectivity index (χ1) is 26.2. The predicted molar refractivity (Wildman–Crippen MR) is 219 cm³/mol. The largest absolute Gasteiger partial charge is 0.455 e. The Morgan fingerprint density at radius 3 is 1.70 bits per heavy atom. The molecule has 0 atom stereocenters. The zero-order valence-corrected chi connectivity index (χ0v) is 28.5. The Hall–Kier alpha value is -7.17. The molecule has 9 aromatic carbocycles. The van der Waals surface area contributed by atoms with E-state index in [-0.39, 0.29) is 0 Å². The second-order valence-corrected chi connectivity index (χ2v) is 13.6. The van der Waals surface area contributed by atoms with Crippen molar-refractivity contribution in [1.82, 2.24) is 15.0 Å². The maximum Gasteiger partial charge on any atom is 0.164 e. The van der Waals surface area contributed by atoms with Gasteiger partial charge in [0.25, 0.3) is 0 Å². The van der Waals surface area contributed by atoms with E-state index in [0.29, 0.717) is 17.5 Å². The van der Waals surface area contributed by atoms with Gasteiger partial charge in [0.05, 0.1) is 0 Å². The quantitative estimate of drug-likeness (QED) is 0.174. The van der Waals surface area contributed by atoms with Crippen LogP contribution in [0.2, 0.25) is 0 Å². The zero-order chi connectivity index (χ0) is 34.9. The Labute approximate surface area is 304 Å². The van der Waals surface area contributed by atoms with Crippen molar-refractivity contribution >= 4 is 65.0 Å². The van der Waals surface area contributed by atoms with Crippen molar-refractivity contribution in [3.63, 3.8) is 0 Å². The fourth-order valence-electron chi connectivity index (χ4n) is 7.91. The van der Waals surface area contributed by atoms with Crippen molar-refractivity contribution in [2.45, 2.75) is 0 Å². The molecule has 2 aromatic heterocycles. The van der Waals surface area contributed by atoms with E-state index in [1.807, 2.05) is 6.07 Å². The van der Waals surface area contributed by atoms with Crippen LogP contribution in [0.4, 0.5) is 0 Å². The summed E-state index contributed by atoms with van der Waals surface area (Å²) in [5.41, 5.74) is 6.53. The number of benzene rings is 9. The van der Waals surface area contributed by atoms with Gasteiger partial charge in [-0.25, -0.2) is 15.0 Å². The lowest BCUT2D eigenvalue weighted by atomic mass is 9.96. The third-order valence-electron chi connectivity index (χ3n) is 10.5. The van der Waals surface area contributed by atoms with E-state index in [4.69, 9.17) is 19.4 Å². The zero-order valence-electron chi connectivity index (χ0n) is 28.5. The summed E-state index contributed by atoms with van der Waals surface area (Å²) in [7, 11) is 0. The average molecular weight is 676 g/mol. The van der Waals surface area contributed by atoms with Crippen molar-refractivity contribution in [2.24, 2.45) is 0 Å². The number of furan rings is 1. The molecule has 0 fully saturated rings. The highest BCUT2D eigenvalue weighted by Gasteiger charge is 2.22. The fourth-order valence-corrected chi connectivity index (χ4v) is 7.91. The van der Waals surface area contributed by atoms with Gasteiger partial charge in [-0.1, -0.05) is 140 Å². The molecule has 53 heavy (non-hydrogen) atoms. The Kier molecular flexibility index (Phi) is 6.52. The number of rotatable bonds is 4. The number of fused-ring (bicyclic) bond motifs is 8. The van der Waals surface area contributed by atoms with Crippen LogP contribution in [0, 0.1) is 0 Å². The van der Waals surface area contributed by atoms with Gasteiger partial charge in [-0.3, -0.25) is 0 Å². The fraction of sp³-hybridized carbons (Fsp3) is 0. The molecule has 0 spiro atoms. The van der Waals surface area contributed by atoms with Crippen LogP contribution in [-0.2, 0) is 0 Å². The first kappa shape index (κ1) is 29.5. The molecule has 4 nitrogen and oxygen atoms in total. The monoisotopic (exact) mass is 675 g/mol. The van der Waals surface area contributed by atoms with Gasteiger partial charge in [-0.05, 0) is 85.1 Å². The SMILES string of the molecule is c1ccc(-c2ccc(-c3nc(-c4ccc5ccccc5c4)nc(-c4cc5ccccc5c5ccccc45)n3)c3c2oc2cc4ccccc4cc23)cc1. The molecule has 0 radical (unpaired) electrons. The summed E-state index contributed by atoms with van der Waals surface area (Å²) in [6.07, 6.45) is 0. The van der Waals surface area contributed by atoms with Gasteiger partial charge in [-0.15, -0.1) is 0 Å². The number of hydrogen-bond donors (Lipinski definition) is 0. The highest BCUT2D eigenvalue weighted by molar-refractivity contribution is 6.18. The first-order valence-electron chi connectivity index (χ1n) is 17.9. The third kappa shape index (κ3) is 4.80. The molecule has 0 saturated carbocycles. The molecule has 2 heterocycles. The summed E-state index contributed by atoms with van der Waals surface area (Å²) in [5.74, 6) is 1.83. The van der Waals surface area contributed by atoms with Crippen LogP contribution >= 0.6 is 0 Å². The van der Waals surface area contributed by atoms with Gasteiger partial charge < -0.3 is 4.42 Å². The van der Waals surface area contributed by atoms with Crippen LogP contribution in [0.15, 0.2) is 180 Å². The summed E-state index contributed by atoms with van der Waals surface area (Å²) in [6.45, 7) is 0. The predicted octanol–water partition coefficient (Wildman–Crippen LogP) is 13.1. The minimum Gasteiger partial charge on any atom is -0.455 e. The van der Waals surface area contributed by atoms with Crippen molar-refractivity contribution < 1.29 is 4.42 Å². The van der Waals surface area contributed by atoms with Gasteiger partial charge in [0.2, 0.25) is 0 Å². The van der Waals surface area contributed by atoms with Gasteiger partial charge >= 0.3 is 0 Å². The second-order valence-electron chi connectivity index (χ2n) is 13.6. The molecule has 0 unspecified atom stereocenters. The van der Waals surface area contributed by atoms with Crippen LogP contribution in [0.25, 0.3) is 110 Å². The number of aromatic nitrogens is 3. The topological polar surface area (TPSA) is 51.8 Å². The Morgan fingerprint density at radius 2 is 0.906 bits per heavy atom. The van der Waals surface area contributed by atoms with E-state index >= 15 is 0 Å². The Balaban J connectivity index is 1.24. The molecule has 0 N–H and O–H groups in total. The van der Waals surface area contributed by atoms with Crippen LogP contribution in [0.3, 0.4) is 0 Å². The molecule has 4 heteroatoms. The van der Waals surface area contributed by atoms with E-state index in [9.17, 15) is 0 Å². The molecular weight excluding hydrogens is 647 g/mol. The minimum absolute atomic E-state index is 0.593. The maximum atomic E-state index is 6.82. The first-order valence-corrected chi connectivity index (χ1v) is 17.9. The van der Waals surface area contributed by atoms with Gasteiger partial charge in [0, 0.05) is 33.0 Å². The molecule has 11 rings (SSSR count). The van der Waals surface area contributed by atoms with E-state index in [1.54, 1.807) is 0 Å². The van der Waals surface area contributed by atoms with Crippen LogP contribution in [0.1, 0.15) is 0 Å². The smallest absolute Gasteiger partial charge is 0.164 e. The standard InChI is InChI=1S/C49H29N3O/c1-2-13-31(14-3-1)38-24-25-41(45-43-27-33-16-6-7-17-34(33)29-44(43)53-46(38)45)48-50-47(36-23-22-30-12-4-5-15-32(30)26-36)51-49(52-48)42-28-35-18-8-9-19-37(35)39-20-10-11-21-40(39)42/h1-29H. The molecule has 0 aliphatic heterocycles. The lowest BCUT2D eigenvalue weighted by Gasteiger charge is -2.13. The summed E-state index contributed by atoms with van der Waals surface area (Å²) in [5, 5.41) is 11.2. The van der Waals surface area contributed by atoms with Crippen molar-refractivity contribution in [2.75, 3.05) is 0 Å². The molecule has 0 bridgehead atoms. The molecule has 0 aliphatic carbocycles. The summed E-state index contributed by atoms with van der Waals surface area (Å²) in [6, 6.07) is 61.6. The normalized spacial score (nSPS) is 11.8. The second kappa shape index (κ2) is 11.7. The third-order valence-corrected chi connectivity index (χ3v) is 10.5. The number of hydrogen-bond acceptors (Lipinski definition) is 4. The summed E-state index contributed by atoms with van der Waals surface area (Å²) < 4.78 is 6.82. The van der Waals surface area contributed by atoms with Crippen LogP contribution in [-0.4, -0.2) is 15.0 Å². The van der Waals surface area contributed by atoms with Crippen LogP contribution < -0.4 is 0 Å². The molecule has 11 aromatic rings. The van der Waals surface area contributed by atoms with Gasteiger partial charge in [0.1, 0.15) is 11.2 Å². The lowest BCUT2D eigenvalue weighted by molar-refractivity contribution is 0.670. The minimum atomic E-state index is 0.593. The van der Waals surface area contributed by atoms with Crippen LogP contribution in [0.5, 0.6) is 0 Å². The lowest BCUT2D eigenvalue weighted by Crippen LogP contribution is -2.01. The molecular formula is C49H29N3O. The molecule has 246 valence electrons. The molecule has 0 saturated heterocycles. The van der Waals surface area contributed by atoms with Crippen molar-refractivity contribution in [3.05, 3.63) is 176 Å². The van der Waals surface area contributed by atoms with Gasteiger partial charge in [-0.2, -0.15) is 0 Å². The average Bonchev–Trinajstić information content (AvgIpc) is 3.60.